The van der Waals surface area contributed by atoms with Gasteiger partial charge in [0.05, 0.1) is 17.6 Å². The maximum atomic E-state index is 13.6. The number of fused-ring (bicyclic) bond motifs is 1. The van der Waals surface area contributed by atoms with E-state index >= 15 is 0 Å². The second-order valence-electron chi connectivity index (χ2n) is 9.64. The van der Waals surface area contributed by atoms with Crippen LogP contribution in [0.4, 0.5) is 15.9 Å². The van der Waals surface area contributed by atoms with Crippen LogP contribution in [0.2, 0.25) is 5.02 Å². The second kappa shape index (κ2) is 12.8. The molecular formula is C30H29ClFN5O4. The summed E-state index contributed by atoms with van der Waals surface area (Å²) in [6.07, 6.45) is 2.57. The van der Waals surface area contributed by atoms with Crippen molar-refractivity contribution in [3.05, 3.63) is 83.4 Å². The molecule has 1 saturated heterocycles. The van der Waals surface area contributed by atoms with Gasteiger partial charge in [0.2, 0.25) is 5.91 Å². The lowest BCUT2D eigenvalue weighted by Crippen LogP contribution is -2.44. The van der Waals surface area contributed by atoms with Crippen molar-refractivity contribution in [2.24, 2.45) is 5.92 Å². The zero-order valence-electron chi connectivity index (χ0n) is 22.4. The van der Waals surface area contributed by atoms with Crippen molar-refractivity contribution in [1.29, 1.82) is 0 Å². The first-order chi connectivity index (χ1) is 19.9. The molecule has 41 heavy (non-hydrogen) atoms. The van der Waals surface area contributed by atoms with Gasteiger partial charge in [-0.2, -0.15) is 0 Å². The van der Waals surface area contributed by atoms with Gasteiger partial charge in [-0.05, 0) is 42.7 Å². The highest BCUT2D eigenvalue weighted by Gasteiger charge is 2.27. The van der Waals surface area contributed by atoms with Crippen LogP contribution >= 0.6 is 11.6 Å². The van der Waals surface area contributed by atoms with Gasteiger partial charge in [0.15, 0.2) is 18.1 Å². The molecular weight excluding hydrogens is 549 g/mol. The molecule has 4 aromatic rings. The van der Waals surface area contributed by atoms with Crippen LogP contribution < -0.4 is 20.1 Å². The second-order valence-corrected chi connectivity index (χ2v) is 10.1. The first-order valence-corrected chi connectivity index (χ1v) is 13.6. The van der Waals surface area contributed by atoms with Crippen LogP contribution in [0.25, 0.3) is 10.9 Å². The highest BCUT2D eigenvalue weighted by Crippen LogP contribution is 2.35. The van der Waals surface area contributed by atoms with E-state index in [1.807, 2.05) is 30.3 Å². The molecule has 0 saturated carbocycles. The first-order valence-electron chi connectivity index (χ1n) is 13.2. The molecule has 0 spiro atoms. The number of aromatic nitrogens is 2. The van der Waals surface area contributed by atoms with E-state index in [4.69, 9.17) is 21.1 Å². The number of hydrogen-bond acceptors (Lipinski definition) is 7. The van der Waals surface area contributed by atoms with Gasteiger partial charge >= 0.3 is 0 Å². The minimum atomic E-state index is -0.523. The Balaban J connectivity index is 1.20. The highest BCUT2D eigenvalue weighted by molar-refractivity contribution is 6.31. The third kappa shape index (κ3) is 6.83. The number of halogens is 2. The molecule has 2 N–H and O–H groups in total. The van der Waals surface area contributed by atoms with Crippen LogP contribution in [0, 0.1) is 11.7 Å². The quantitative estimate of drug-likeness (QED) is 0.285. The number of methoxy groups -OCH3 is 1. The molecule has 1 aliphatic rings. The zero-order chi connectivity index (χ0) is 28.8. The summed E-state index contributed by atoms with van der Waals surface area (Å²) in [7, 11) is 1.50. The van der Waals surface area contributed by atoms with Crippen molar-refractivity contribution in [3.8, 4) is 11.5 Å². The minimum absolute atomic E-state index is 0.00708. The van der Waals surface area contributed by atoms with Crippen molar-refractivity contribution in [3.63, 3.8) is 0 Å². The summed E-state index contributed by atoms with van der Waals surface area (Å²) in [4.78, 5) is 35.9. The monoisotopic (exact) mass is 577 g/mol. The molecule has 212 valence electrons. The van der Waals surface area contributed by atoms with Gasteiger partial charge in [0.25, 0.3) is 5.91 Å². The Bertz CT molecular complexity index is 1550. The molecule has 11 heteroatoms. The van der Waals surface area contributed by atoms with Crippen LogP contribution in [0.15, 0.2) is 67.0 Å². The molecule has 2 amide bonds. The number of amides is 2. The number of likely N-dealkylation sites (tertiary alicyclic amines) is 1. The molecule has 0 radical (unpaired) electrons. The Morgan fingerprint density at radius 1 is 1.05 bits per heavy atom. The Morgan fingerprint density at radius 3 is 2.56 bits per heavy atom. The average Bonchev–Trinajstić information content (AvgIpc) is 3.00. The Kier molecular flexibility index (Phi) is 8.79. The van der Waals surface area contributed by atoms with Crippen molar-refractivity contribution < 1.29 is 23.5 Å². The number of hydrogen-bond donors (Lipinski definition) is 2. The molecule has 0 unspecified atom stereocenters. The van der Waals surface area contributed by atoms with Gasteiger partial charge in [-0.25, -0.2) is 14.4 Å². The summed E-state index contributed by atoms with van der Waals surface area (Å²) >= 11 is 5.92. The third-order valence-corrected chi connectivity index (χ3v) is 7.27. The van der Waals surface area contributed by atoms with E-state index in [9.17, 15) is 14.0 Å². The molecule has 1 fully saturated rings. The van der Waals surface area contributed by atoms with E-state index < -0.39 is 5.82 Å². The topological polar surface area (TPSA) is 106 Å². The predicted octanol–water partition coefficient (Wildman–Crippen LogP) is 5.11. The number of ether oxygens (including phenoxy) is 2. The number of benzene rings is 3. The summed E-state index contributed by atoms with van der Waals surface area (Å²) in [5.74, 6) is 0.374. The van der Waals surface area contributed by atoms with E-state index in [-0.39, 0.29) is 29.4 Å². The SMILES string of the molecule is COc1cc2ncnc(Nc3ccc(F)c(Cl)c3)c2cc1OCC(=O)N1CCC(C(=O)NCc2ccccc2)CC1. The van der Waals surface area contributed by atoms with Gasteiger partial charge in [-0.3, -0.25) is 9.59 Å². The van der Waals surface area contributed by atoms with Crippen LogP contribution in [-0.4, -0.2) is 53.5 Å². The largest absolute Gasteiger partial charge is 0.493 e. The highest BCUT2D eigenvalue weighted by atomic mass is 35.5. The smallest absolute Gasteiger partial charge is 0.260 e. The van der Waals surface area contributed by atoms with Gasteiger partial charge in [-0.1, -0.05) is 41.9 Å². The summed E-state index contributed by atoms with van der Waals surface area (Å²) in [6.45, 7) is 1.24. The van der Waals surface area contributed by atoms with Crippen LogP contribution in [0.1, 0.15) is 18.4 Å². The van der Waals surface area contributed by atoms with Crippen LogP contribution in [0.5, 0.6) is 11.5 Å². The standard InChI is InChI=1S/C30H29ClFN5O4/c1-40-26-15-25-22(29(35-18-34-25)36-21-7-8-24(32)23(31)13-21)14-27(26)41-17-28(38)37-11-9-20(10-12-37)30(39)33-16-19-5-3-2-4-6-19/h2-8,13-15,18,20H,9-12,16-17H2,1H3,(H,33,39)(H,34,35,36). The van der Waals surface area contributed by atoms with Crippen molar-refractivity contribution in [1.82, 2.24) is 20.2 Å². The van der Waals surface area contributed by atoms with Crippen molar-refractivity contribution in [2.75, 3.05) is 32.1 Å². The zero-order valence-corrected chi connectivity index (χ0v) is 23.2. The van der Waals surface area contributed by atoms with Crippen molar-refractivity contribution >= 4 is 45.8 Å². The lowest BCUT2D eigenvalue weighted by atomic mass is 9.96. The lowest BCUT2D eigenvalue weighted by Gasteiger charge is -2.31. The van der Waals surface area contributed by atoms with Gasteiger partial charge in [0, 0.05) is 42.7 Å². The summed E-state index contributed by atoms with van der Waals surface area (Å²) in [5.41, 5.74) is 2.17. The molecule has 0 aliphatic carbocycles. The molecule has 0 bridgehead atoms. The van der Waals surface area contributed by atoms with E-state index in [1.54, 1.807) is 23.1 Å². The summed E-state index contributed by atoms with van der Waals surface area (Å²) in [6, 6.07) is 17.4. The number of rotatable bonds is 9. The van der Waals surface area contributed by atoms with E-state index in [2.05, 4.69) is 20.6 Å². The van der Waals surface area contributed by atoms with Gasteiger partial charge < -0.3 is 25.0 Å². The van der Waals surface area contributed by atoms with E-state index in [0.29, 0.717) is 66.4 Å². The van der Waals surface area contributed by atoms with Crippen LogP contribution in [-0.2, 0) is 16.1 Å². The first kappa shape index (κ1) is 28.1. The predicted molar refractivity (Wildman–Crippen MR) is 154 cm³/mol. The number of nitrogens with one attached hydrogen (secondary N) is 2. The minimum Gasteiger partial charge on any atom is -0.493 e. The Hall–Kier alpha value is -4.44. The molecule has 1 aliphatic heterocycles. The number of piperidine rings is 1. The average molecular weight is 578 g/mol. The maximum absolute atomic E-state index is 13.6. The number of anilines is 2. The summed E-state index contributed by atoms with van der Waals surface area (Å²) in [5, 5.41) is 6.70. The Morgan fingerprint density at radius 2 is 1.83 bits per heavy atom. The molecule has 9 nitrogen and oxygen atoms in total. The Labute approximate surface area is 241 Å². The third-order valence-electron chi connectivity index (χ3n) is 6.98. The fraction of sp³-hybridized carbons (Fsp3) is 0.267. The number of carbonyl (C=O) groups is 2. The fourth-order valence-corrected chi connectivity index (χ4v) is 4.88. The molecule has 1 aromatic heterocycles. The molecule has 0 atom stereocenters. The molecule has 5 rings (SSSR count). The number of carbonyl (C=O) groups excluding carboxylic acids is 2. The molecule has 2 heterocycles. The van der Waals surface area contributed by atoms with E-state index in [1.165, 1.54) is 25.6 Å². The summed E-state index contributed by atoms with van der Waals surface area (Å²) < 4.78 is 25.0. The fourth-order valence-electron chi connectivity index (χ4n) is 4.70. The van der Waals surface area contributed by atoms with Crippen molar-refractivity contribution in [2.45, 2.75) is 19.4 Å². The van der Waals surface area contributed by atoms with Crippen LogP contribution in [0.3, 0.4) is 0 Å². The van der Waals surface area contributed by atoms with Gasteiger partial charge in [-0.15, -0.1) is 0 Å². The van der Waals surface area contributed by atoms with Gasteiger partial charge in [0.1, 0.15) is 18.0 Å². The maximum Gasteiger partial charge on any atom is 0.260 e. The normalized spacial score (nSPS) is 13.6. The molecule has 3 aromatic carbocycles. The lowest BCUT2D eigenvalue weighted by molar-refractivity contribution is -0.137. The van der Waals surface area contributed by atoms with E-state index in [0.717, 1.165) is 5.56 Å². The number of nitrogens with zero attached hydrogens (tertiary/aromatic N) is 3.